The molecule has 0 aromatic heterocycles. The zero-order valence-corrected chi connectivity index (χ0v) is 7.20. The number of hydrogen-bond donors (Lipinski definition) is 1. The standard InChI is InChI=1S/C10H9NO2/c1-3-7-4-8(10(12)13-2)6-9(11)5-7/h1,4-6H,11H2,2H3. The molecule has 0 aliphatic rings. The maximum absolute atomic E-state index is 11.1. The largest absolute Gasteiger partial charge is 0.465 e. The highest BCUT2D eigenvalue weighted by molar-refractivity contribution is 5.90. The van der Waals surface area contributed by atoms with Gasteiger partial charge in [0.1, 0.15) is 0 Å². The van der Waals surface area contributed by atoms with E-state index in [2.05, 4.69) is 10.7 Å². The van der Waals surface area contributed by atoms with Crippen LogP contribution in [0.4, 0.5) is 5.69 Å². The van der Waals surface area contributed by atoms with Crippen LogP contribution < -0.4 is 5.73 Å². The summed E-state index contributed by atoms with van der Waals surface area (Å²) in [5.74, 6) is 1.96. The minimum absolute atomic E-state index is 0.371. The van der Waals surface area contributed by atoms with Crippen molar-refractivity contribution >= 4 is 11.7 Å². The van der Waals surface area contributed by atoms with Crippen LogP contribution >= 0.6 is 0 Å². The van der Waals surface area contributed by atoms with E-state index in [1.165, 1.54) is 13.2 Å². The number of carbonyl (C=O) groups excluding carboxylic acids is 1. The van der Waals surface area contributed by atoms with Gasteiger partial charge in [-0.2, -0.15) is 0 Å². The van der Waals surface area contributed by atoms with Gasteiger partial charge >= 0.3 is 5.97 Å². The van der Waals surface area contributed by atoms with Crippen LogP contribution in [0.25, 0.3) is 0 Å². The summed E-state index contributed by atoms with van der Waals surface area (Å²) >= 11 is 0. The number of esters is 1. The summed E-state index contributed by atoms with van der Waals surface area (Å²) in [6.07, 6.45) is 5.17. The Hall–Kier alpha value is -1.95. The van der Waals surface area contributed by atoms with Crippen LogP contribution in [0, 0.1) is 12.3 Å². The molecule has 2 N–H and O–H groups in total. The number of hydrogen-bond acceptors (Lipinski definition) is 3. The lowest BCUT2D eigenvalue weighted by Gasteiger charge is -2.01. The first-order chi connectivity index (χ1) is 6.17. The van der Waals surface area contributed by atoms with Crippen molar-refractivity contribution in [1.82, 2.24) is 0 Å². The molecule has 0 amide bonds. The number of carbonyl (C=O) groups is 1. The average Bonchev–Trinajstić information content (AvgIpc) is 2.15. The van der Waals surface area contributed by atoms with E-state index in [0.29, 0.717) is 16.8 Å². The monoisotopic (exact) mass is 175 g/mol. The molecule has 0 bridgehead atoms. The van der Waals surface area contributed by atoms with Gasteiger partial charge in [-0.15, -0.1) is 6.42 Å². The van der Waals surface area contributed by atoms with Crippen molar-refractivity contribution in [2.45, 2.75) is 0 Å². The Morgan fingerprint density at radius 2 is 2.23 bits per heavy atom. The van der Waals surface area contributed by atoms with E-state index in [-0.39, 0.29) is 0 Å². The van der Waals surface area contributed by atoms with E-state index in [1.807, 2.05) is 0 Å². The lowest BCUT2D eigenvalue weighted by Crippen LogP contribution is -2.02. The first-order valence-electron chi connectivity index (χ1n) is 3.63. The molecule has 0 spiro atoms. The third-order valence-corrected chi connectivity index (χ3v) is 1.54. The van der Waals surface area contributed by atoms with Crippen molar-refractivity contribution in [3.8, 4) is 12.3 Å². The smallest absolute Gasteiger partial charge is 0.337 e. The van der Waals surface area contributed by atoms with Crippen LogP contribution in [0.3, 0.4) is 0 Å². The van der Waals surface area contributed by atoms with Crippen LogP contribution in [0.15, 0.2) is 18.2 Å². The fraction of sp³-hybridized carbons (Fsp3) is 0.100. The molecule has 1 rings (SSSR count). The molecule has 0 unspecified atom stereocenters. The summed E-state index contributed by atoms with van der Waals surface area (Å²) in [4.78, 5) is 11.1. The lowest BCUT2D eigenvalue weighted by molar-refractivity contribution is 0.0601. The van der Waals surface area contributed by atoms with Gasteiger partial charge in [0.2, 0.25) is 0 Å². The summed E-state index contributed by atoms with van der Waals surface area (Å²) in [6, 6.07) is 4.70. The van der Waals surface area contributed by atoms with Gasteiger partial charge in [0.25, 0.3) is 0 Å². The summed E-state index contributed by atoms with van der Waals surface area (Å²) in [5.41, 5.74) is 6.92. The highest BCUT2D eigenvalue weighted by Gasteiger charge is 2.06. The van der Waals surface area contributed by atoms with Gasteiger partial charge in [-0.25, -0.2) is 4.79 Å². The molecule has 0 atom stereocenters. The molecule has 0 saturated carbocycles. The van der Waals surface area contributed by atoms with Gasteiger partial charge in [0, 0.05) is 11.3 Å². The number of nitrogen functional groups attached to an aromatic ring is 1. The van der Waals surface area contributed by atoms with Gasteiger partial charge in [0.05, 0.1) is 12.7 Å². The van der Waals surface area contributed by atoms with Gasteiger partial charge < -0.3 is 10.5 Å². The molecule has 13 heavy (non-hydrogen) atoms. The molecular weight excluding hydrogens is 166 g/mol. The maximum atomic E-state index is 11.1. The molecule has 0 fully saturated rings. The van der Waals surface area contributed by atoms with Crippen molar-refractivity contribution in [3.63, 3.8) is 0 Å². The van der Waals surface area contributed by atoms with Crippen molar-refractivity contribution in [2.24, 2.45) is 0 Å². The zero-order valence-electron chi connectivity index (χ0n) is 7.20. The lowest BCUT2D eigenvalue weighted by atomic mass is 10.1. The first kappa shape index (κ1) is 9.14. The van der Waals surface area contributed by atoms with Crippen LogP contribution in [0.2, 0.25) is 0 Å². The molecule has 1 aromatic rings. The molecule has 0 aliphatic carbocycles. The SMILES string of the molecule is C#Cc1cc(N)cc(C(=O)OC)c1. The summed E-state index contributed by atoms with van der Waals surface area (Å²) < 4.78 is 4.53. The average molecular weight is 175 g/mol. The van der Waals surface area contributed by atoms with Crippen LogP contribution in [-0.2, 0) is 4.74 Å². The first-order valence-corrected chi connectivity index (χ1v) is 3.63. The molecule has 0 saturated heterocycles. The molecule has 0 radical (unpaired) electrons. The second kappa shape index (κ2) is 3.63. The predicted molar refractivity (Wildman–Crippen MR) is 50.1 cm³/mol. The summed E-state index contributed by atoms with van der Waals surface area (Å²) in [7, 11) is 1.31. The number of methoxy groups -OCH3 is 1. The number of anilines is 1. The van der Waals surface area contributed by atoms with Crippen LogP contribution in [0.5, 0.6) is 0 Å². The van der Waals surface area contributed by atoms with E-state index in [0.717, 1.165) is 0 Å². The Morgan fingerprint density at radius 1 is 1.54 bits per heavy atom. The highest BCUT2D eigenvalue weighted by atomic mass is 16.5. The molecule has 3 nitrogen and oxygen atoms in total. The molecule has 3 heteroatoms. The summed E-state index contributed by atoms with van der Waals surface area (Å²) in [6.45, 7) is 0. The fourth-order valence-corrected chi connectivity index (χ4v) is 0.971. The number of benzene rings is 1. The van der Waals surface area contributed by atoms with E-state index < -0.39 is 5.97 Å². The normalized spacial score (nSPS) is 8.92. The van der Waals surface area contributed by atoms with E-state index >= 15 is 0 Å². The van der Waals surface area contributed by atoms with Crippen LogP contribution in [-0.4, -0.2) is 13.1 Å². The zero-order chi connectivity index (χ0) is 9.84. The third kappa shape index (κ3) is 2.00. The van der Waals surface area contributed by atoms with Crippen LogP contribution in [0.1, 0.15) is 15.9 Å². The van der Waals surface area contributed by atoms with E-state index in [4.69, 9.17) is 12.2 Å². The Balaban J connectivity index is 3.17. The third-order valence-electron chi connectivity index (χ3n) is 1.54. The van der Waals surface area contributed by atoms with Crippen molar-refractivity contribution in [3.05, 3.63) is 29.3 Å². The minimum Gasteiger partial charge on any atom is -0.465 e. The second-order valence-corrected chi connectivity index (χ2v) is 2.48. The van der Waals surface area contributed by atoms with E-state index in [1.54, 1.807) is 12.1 Å². The number of terminal acetylenes is 1. The quantitative estimate of drug-likeness (QED) is 0.394. The van der Waals surface area contributed by atoms with Gasteiger partial charge in [0.15, 0.2) is 0 Å². The minimum atomic E-state index is -0.441. The fourth-order valence-electron chi connectivity index (χ4n) is 0.971. The molecular formula is C10H9NO2. The van der Waals surface area contributed by atoms with Crippen molar-refractivity contribution in [1.29, 1.82) is 0 Å². The van der Waals surface area contributed by atoms with Gasteiger partial charge in [-0.1, -0.05) is 5.92 Å². The van der Waals surface area contributed by atoms with Gasteiger partial charge in [-0.05, 0) is 18.2 Å². The Bertz CT molecular complexity index is 377. The predicted octanol–water partition coefficient (Wildman–Crippen LogP) is 1.04. The topological polar surface area (TPSA) is 52.3 Å². The maximum Gasteiger partial charge on any atom is 0.337 e. The van der Waals surface area contributed by atoms with Crippen molar-refractivity contribution in [2.75, 3.05) is 12.8 Å². The highest BCUT2D eigenvalue weighted by Crippen LogP contribution is 2.11. The molecule has 0 heterocycles. The second-order valence-electron chi connectivity index (χ2n) is 2.48. The summed E-state index contributed by atoms with van der Waals surface area (Å²) in [5, 5.41) is 0. The van der Waals surface area contributed by atoms with E-state index in [9.17, 15) is 4.79 Å². The molecule has 0 aliphatic heterocycles. The Kier molecular flexibility index (Phi) is 2.56. The number of ether oxygens (including phenoxy) is 1. The molecule has 1 aromatic carbocycles. The Morgan fingerprint density at radius 3 is 2.77 bits per heavy atom. The number of rotatable bonds is 1. The molecule has 66 valence electrons. The number of nitrogens with two attached hydrogens (primary N) is 1. The van der Waals surface area contributed by atoms with Gasteiger partial charge in [-0.3, -0.25) is 0 Å². The Labute approximate surface area is 76.5 Å². The van der Waals surface area contributed by atoms with Crippen molar-refractivity contribution < 1.29 is 9.53 Å².